The van der Waals surface area contributed by atoms with Crippen LogP contribution >= 0.6 is 0 Å². The summed E-state index contributed by atoms with van der Waals surface area (Å²) in [7, 11) is 1.48. The number of urea groups is 1. The van der Waals surface area contributed by atoms with E-state index in [1.54, 1.807) is 31.2 Å². The third-order valence-corrected chi connectivity index (χ3v) is 3.20. The van der Waals surface area contributed by atoms with Crippen LogP contribution in [-0.2, 0) is 16.1 Å². The molecule has 2 rings (SSSR count). The SMILES string of the molecule is COC[C@@]1(C)NC(=O)N(Cc2ccc(C#N)cc2)C1=O. The predicted octanol–water partition coefficient (Wildman–Crippen LogP) is 1.02. The normalized spacial score (nSPS) is 21.8. The first-order valence-corrected chi connectivity index (χ1v) is 6.12. The molecule has 0 spiro atoms. The van der Waals surface area contributed by atoms with Gasteiger partial charge in [0.25, 0.3) is 5.91 Å². The lowest BCUT2D eigenvalue weighted by atomic mass is 10.0. The first kappa shape index (κ1) is 14.0. The van der Waals surface area contributed by atoms with Gasteiger partial charge < -0.3 is 10.1 Å². The Bertz CT molecular complexity index is 576. The number of carbonyl (C=O) groups excluding carboxylic acids is 2. The van der Waals surface area contributed by atoms with Crippen molar-refractivity contribution in [3.8, 4) is 6.07 Å². The fourth-order valence-corrected chi connectivity index (χ4v) is 2.14. The number of carbonyl (C=O) groups is 2. The van der Waals surface area contributed by atoms with E-state index in [1.165, 1.54) is 7.11 Å². The van der Waals surface area contributed by atoms with Crippen molar-refractivity contribution in [3.63, 3.8) is 0 Å². The Balaban J connectivity index is 2.15. The molecular weight excluding hydrogens is 258 g/mol. The number of nitrogens with zero attached hydrogens (tertiary/aromatic N) is 2. The zero-order chi connectivity index (χ0) is 14.8. The van der Waals surface area contributed by atoms with E-state index in [9.17, 15) is 9.59 Å². The Hall–Kier alpha value is -2.39. The van der Waals surface area contributed by atoms with Crippen LogP contribution in [0.3, 0.4) is 0 Å². The van der Waals surface area contributed by atoms with E-state index in [-0.39, 0.29) is 19.1 Å². The minimum atomic E-state index is -1.02. The van der Waals surface area contributed by atoms with Crippen LogP contribution in [0.4, 0.5) is 4.79 Å². The van der Waals surface area contributed by atoms with E-state index in [4.69, 9.17) is 10.00 Å². The highest BCUT2D eigenvalue weighted by atomic mass is 16.5. The maximum Gasteiger partial charge on any atom is 0.325 e. The smallest absolute Gasteiger partial charge is 0.325 e. The van der Waals surface area contributed by atoms with Gasteiger partial charge in [-0.2, -0.15) is 5.26 Å². The van der Waals surface area contributed by atoms with Crippen LogP contribution in [0.25, 0.3) is 0 Å². The van der Waals surface area contributed by atoms with Crippen molar-refractivity contribution in [1.29, 1.82) is 5.26 Å². The van der Waals surface area contributed by atoms with Gasteiger partial charge in [0.1, 0.15) is 5.54 Å². The number of imide groups is 1. The molecule has 1 aliphatic rings. The summed E-state index contributed by atoms with van der Waals surface area (Å²) in [6.45, 7) is 1.94. The van der Waals surface area contributed by atoms with Crippen LogP contribution in [-0.4, -0.2) is 36.1 Å². The van der Waals surface area contributed by atoms with Gasteiger partial charge in [-0.3, -0.25) is 9.69 Å². The summed E-state index contributed by atoms with van der Waals surface area (Å²) in [6, 6.07) is 8.35. The van der Waals surface area contributed by atoms with Gasteiger partial charge in [0.2, 0.25) is 0 Å². The van der Waals surface area contributed by atoms with E-state index >= 15 is 0 Å². The summed E-state index contributed by atoms with van der Waals surface area (Å²) in [5.74, 6) is -0.311. The number of ether oxygens (including phenoxy) is 1. The Kier molecular flexibility index (Phi) is 3.72. The molecule has 1 heterocycles. The van der Waals surface area contributed by atoms with Crippen molar-refractivity contribution in [2.75, 3.05) is 13.7 Å². The van der Waals surface area contributed by atoms with Crippen molar-refractivity contribution < 1.29 is 14.3 Å². The molecule has 6 heteroatoms. The van der Waals surface area contributed by atoms with E-state index < -0.39 is 11.6 Å². The maximum atomic E-state index is 12.3. The molecule has 0 radical (unpaired) electrons. The van der Waals surface area contributed by atoms with Gasteiger partial charge in [0.15, 0.2) is 0 Å². The van der Waals surface area contributed by atoms with E-state index in [1.807, 2.05) is 6.07 Å². The van der Waals surface area contributed by atoms with Crippen molar-refractivity contribution in [1.82, 2.24) is 10.2 Å². The number of rotatable bonds is 4. The van der Waals surface area contributed by atoms with Gasteiger partial charge in [-0.25, -0.2) is 4.79 Å². The molecule has 0 bridgehead atoms. The molecule has 0 aromatic heterocycles. The Morgan fingerprint density at radius 2 is 2.00 bits per heavy atom. The van der Waals surface area contributed by atoms with Crippen LogP contribution < -0.4 is 5.32 Å². The minimum absolute atomic E-state index is 0.126. The number of benzene rings is 1. The Morgan fingerprint density at radius 1 is 1.35 bits per heavy atom. The van der Waals surface area contributed by atoms with Gasteiger partial charge in [0.05, 0.1) is 24.8 Å². The quantitative estimate of drug-likeness (QED) is 0.830. The fraction of sp³-hybridized carbons (Fsp3) is 0.357. The molecule has 1 aromatic carbocycles. The summed E-state index contributed by atoms with van der Waals surface area (Å²) in [5, 5.41) is 11.4. The molecule has 1 aliphatic heterocycles. The van der Waals surface area contributed by atoms with E-state index in [0.717, 1.165) is 10.5 Å². The molecule has 1 aromatic rings. The van der Waals surface area contributed by atoms with Crippen molar-refractivity contribution in [2.45, 2.75) is 19.0 Å². The second-order valence-corrected chi connectivity index (χ2v) is 4.90. The average molecular weight is 273 g/mol. The third-order valence-electron chi connectivity index (χ3n) is 3.20. The first-order chi connectivity index (χ1) is 9.50. The molecule has 20 heavy (non-hydrogen) atoms. The maximum absolute atomic E-state index is 12.3. The number of amides is 3. The van der Waals surface area contributed by atoms with Gasteiger partial charge in [0, 0.05) is 7.11 Å². The monoisotopic (exact) mass is 273 g/mol. The van der Waals surface area contributed by atoms with Crippen LogP contribution in [0.1, 0.15) is 18.1 Å². The zero-order valence-corrected chi connectivity index (χ0v) is 11.3. The summed E-state index contributed by atoms with van der Waals surface area (Å²) in [6.07, 6.45) is 0. The zero-order valence-electron chi connectivity index (χ0n) is 11.3. The van der Waals surface area contributed by atoms with Crippen molar-refractivity contribution in [2.24, 2.45) is 0 Å². The van der Waals surface area contributed by atoms with Gasteiger partial charge in [-0.05, 0) is 24.6 Å². The number of nitriles is 1. The number of hydrogen-bond acceptors (Lipinski definition) is 4. The highest BCUT2D eigenvalue weighted by Crippen LogP contribution is 2.20. The molecule has 1 atom stereocenters. The lowest BCUT2D eigenvalue weighted by molar-refractivity contribution is -0.132. The third kappa shape index (κ3) is 2.49. The second-order valence-electron chi connectivity index (χ2n) is 4.90. The molecule has 1 saturated heterocycles. The van der Waals surface area contributed by atoms with Gasteiger partial charge in [-0.15, -0.1) is 0 Å². The topological polar surface area (TPSA) is 82.4 Å². The molecule has 0 aliphatic carbocycles. The molecule has 0 unspecified atom stereocenters. The molecule has 6 nitrogen and oxygen atoms in total. The number of hydrogen-bond donors (Lipinski definition) is 1. The van der Waals surface area contributed by atoms with Crippen LogP contribution in [0.15, 0.2) is 24.3 Å². The summed E-state index contributed by atoms with van der Waals surface area (Å²) >= 11 is 0. The lowest BCUT2D eigenvalue weighted by Crippen LogP contribution is -2.47. The minimum Gasteiger partial charge on any atom is -0.382 e. The summed E-state index contributed by atoms with van der Waals surface area (Å²) < 4.78 is 4.98. The molecule has 1 N–H and O–H groups in total. The summed E-state index contributed by atoms with van der Waals surface area (Å²) in [5.41, 5.74) is 0.308. The van der Waals surface area contributed by atoms with E-state index in [0.29, 0.717) is 5.56 Å². The standard InChI is InChI=1S/C14H15N3O3/c1-14(9-20-2)12(18)17(13(19)16-14)8-11-5-3-10(7-15)4-6-11/h3-6H,8-9H2,1-2H3,(H,16,19)/t14-/m1/s1. The summed E-state index contributed by atoms with van der Waals surface area (Å²) in [4.78, 5) is 25.3. The van der Waals surface area contributed by atoms with Crippen molar-refractivity contribution >= 4 is 11.9 Å². The Morgan fingerprint density at radius 3 is 2.55 bits per heavy atom. The number of methoxy groups -OCH3 is 1. The second kappa shape index (κ2) is 5.31. The van der Waals surface area contributed by atoms with Crippen LogP contribution in [0, 0.1) is 11.3 Å². The molecule has 104 valence electrons. The molecule has 3 amide bonds. The van der Waals surface area contributed by atoms with Crippen molar-refractivity contribution in [3.05, 3.63) is 35.4 Å². The lowest BCUT2D eigenvalue weighted by Gasteiger charge is -2.20. The Labute approximate surface area is 116 Å². The van der Waals surface area contributed by atoms with Gasteiger partial charge in [-0.1, -0.05) is 12.1 Å². The molecule has 1 fully saturated rings. The molecule has 0 saturated carbocycles. The molecular formula is C14H15N3O3. The average Bonchev–Trinajstić information content (AvgIpc) is 2.64. The largest absolute Gasteiger partial charge is 0.382 e. The first-order valence-electron chi connectivity index (χ1n) is 6.12. The number of nitrogens with one attached hydrogen (secondary N) is 1. The predicted molar refractivity (Wildman–Crippen MR) is 70.5 cm³/mol. The van der Waals surface area contributed by atoms with Gasteiger partial charge >= 0.3 is 6.03 Å². The van der Waals surface area contributed by atoms with E-state index in [2.05, 4.69) is 5.32 Å². The fourth-order valence-electron chi connectivity index (χ4n) is 2.14. The highest BCUT2D eigenvalue weighted by molar-refractivity contribution is 6.06. The van der Waals surface area contributed by atoms with Crippen LogP contribution in [0.5, 0.6) is 0 Å². The highest BCUT2D eigenvalue weighted by Gasteiger charge is 2.47. The van der Waals surface area contributed by atoms with Crippen LogP contribution in [0.2, 0.25) is 0 Å².